The summed E-state index contributed by atoms with van der Waals surface area (Å²) < 4.78 is 40.4. The molecule has 0 aromatic heterocycles. The molecule has 2 rings (SSSR count). The van der Waals surface area contributed by atoms with Gasteiger partial charge in [0.25, 0.3) is 0 Å². The van der Waals surface area contributed by atoms with Crippen molar-refractivity contribution in [2.75, 3.05) is 0 Å². The summed E-state index contributed by atoms with van der Waals surface area (Å²) in [6.07, 6.45) is 0.0617. The molecule has 0 saturated heterocycles. The van der Waals surface area contributed by atoms with Crippen LogP contribution in [0.2, 0.25) is 5.02 Å². The van der Waals surface area contributed by atoms with Crippen molar-refractivity contribution in [1.29, 1.82) is 0 Å². The third kappa shape index (κ3) is 3.23. The fourth-order valence-corrected chi connectivity index (χ4v) is 2.23. The number of benzene rings is 2. The highest BCUT2D eigenvalue weighted by Crippen LogP contribution is 2.30. The van der Waals surface area contributed by atoms with E-state index in [-0.39, 0.29) is 17.0 Å². The van der Waals surface area contributed by atoms with E-state index in [4.69, 9.17) is 23.2 Å². The molecule has 0 nitrogen and oxygen atoms in total. The van der Waals surface area contributed by atoms with Gasteiger partial charge in [0.1, 0.15) is 17.5 Å². The highest BCUT2D eigenvalue weighted by atomic mass is 35.5. The smallest absolute Gasteiger partial charge is 0.142 e. The van der Waals surface area contributed by atoms with E-state index >= 15 is 0 Å². The summed E-state index contributed by atoms with van der Waals surface area (Å²) in [5, 5.41) is -1.18. The summed E-state index contributed by atoms with van der Waals surface area (Å²) in [7, 11) is 0. The van der Waals surface area contributed by atoms with Crippen LogP contribution in [0, 0.1) is 17.5 Å². The zero-order chi connectivity index (χ0) is 14.0. The van der Waals surface area contributed by atoms with Crippen molar-refractivity contribution in [3.8, 4) is 0 Å². The molecule has 0 saturated carbocycles. The van der Waals surface area contributed by atoms with Gasteiger partial charge in [-0.1, -0.05) is 29.8 Å². The lowest BCUT2D eigenvalue weighted by Crippen LogP contribution is -2.02. The van der Waals surface area contributed by atoms with Crippen LogP contribution in [0.5, 0.6) is 0 Å². The molecule has 0 aliphatic heterocycles. The lowest BCUT2D eigenvalue weighted by molar-refractivity contribution is 0.576. The summed E-state index contributed by atoms with van der Waals surface area (Å²) in [6.45, 7) is 0. The Labute approximate surface area is 118 Å². The van der Waals surface area contributed by atoms with Crippen molar-refractivity contribution >= 4 is 23.2 Å². The summed E-state index contributed by atoms with van der Waals surface area (Å²) in [5.74, 6) is -1.89. The van der Waals surface area contributed by atoms with Crippen LogP contribution in [0.25, 0.3) is 0 Å². The quantitative estimate of drug-likeness (QED) is 0.534. The second kappa shape index (κ2) is 5.85. The van der Waals surface area contributed by atoms with E-state index in [1.165, 1.54) is 6.07 Å². The van der Waals surface area contributed by atoms with Gasteiger partial charge in [-0.3, -0.25) is 0 Å². The molecule has 2 aromatic carbocycles. The predicted octanol–water partition coefficient (Wildman–Crippen LogP) is 5.28. The second-order valence-electron chi connectivity index (χ2n) is 4.05. The fraction of sp³-hybridized carbons (Fsp3) is 0.143. The zero-order valence-corrected chi connectivity index (χ0v) is 11.2. The maximum atomic E-state index is 13.7. The van der Waals surface area contributed by atoms with Crippen LogP contribution in [0.4, 0.5) is 13.2 Å². The highest BCUT2D eigenvalue weighted by molar-refractivity contribution is 6.30. The third-order valence-corrected chi connectivity index (χ3v) is 3.41. The molecule has 0 aliphatic carbocycles. The van der Waals surface area contributed by atoms with Gasteiger partial charge in [0.05, 0.1) is 10.4 Å². The molecule has 0 spiro atoms. The maximum Gasteiger partial charge on any atom is 0.142 e. The number of hydrogen-bond donors (Lipinski definition) is 0. The van der Waals surface area contributed by atoms with Gasteiger partial charge in [-0.05, 0) is 30.2 Å². The van der Waals surface area contributed by atoms with E-state index in [0.717, 1.165) is 12.1 Å². The van der Waals surface area contributed by atoms with Crippen LogP contribution in [0.15, 0.2) is 36.4 Å². The van der Waals surface area contributed by atoms with Crippen LogP contribution in [0.3, 0.4) is 0 Å². The van der Waals surface area contributed by atoms with Gasteiger partial charge in [0.15, 0.2) is 0 Å². The molecule has 1 atom stereocenters. The maximum absolute atomic E-state index is 13.7. The summed E-state index contributed by atoms with van der Waals surface area (Å²) in [5.41, 5.74) is 0.309. The largest absolute Gasteiger partial charge is 0.207 e. The lowest BCUT2D eigenvalue weighted by atomic mass is 10.0. The van der Waals surface area contributed by atoms with E-state index in [1.807, 2.05) is 0 Å². The first-order valence-corrected chi connectivity index (χ1v) is 6.32. The monoisotopic (exact) mass is 304 g/mol. The molecule has 0 bridgehead atoms. The van der Waals surface area contributed by atoms with Crippen molar-refractivity contribution in [3.63, 3.8) is 0 Å². The van der Waals surface area contributed by atoms with Gasteiger partial charge in [-0.15, -0.1) is 11.6 Å². The fourth-order valence-electron chi connectivity index (χ4n) is 1.74. The summed E-state index contributed by atoms with van der Waals surface area (Å²) in [6, 6.07) is 7.84. The predicted molar refractivity (Wildman–Crippen MR) is 70.1 cm³/mol. The van der Waals surface area contributed by atoms with Gasteiger partial charge >= 0.3 is 0 Å². The summed E-state index contributed by atoms with van der Waals surface area (Å²) >= 11 is 11.5. The average molecular weight is 305 g/mol. The molecule has 0 N–H and O–H groups in total. The topological polar surface area (TPSA) is 0 Å². The van der Waals surface area contributed by atoms with Crippen LogP contribution >= 0.6 is 23.2 Å². The number of hydrogen-bond acceptors (Lipinski definition) is 0. The minimum Gasteiger partial charge on any atom is -0.207 e. The van der Waals surface area contributed by atoms with E-state index in [9.17, 15) is 13.2 Å². The Morgan fingerprint density at radius 2 is 1.63 bits per heavy atom. The van der Waals surface area contributed by atoms with E-state index in [1.54, 1.807) is 18.2 Å². The third-order valence-electron chi connectivity index (χ3n) is 2.73. The van der Waals surface area contributed by atoms with Gasteiger partial charge in [-0.2, -0.15) is 0 Å². The van der Waals surface area contributed by atoms with Crippen LogP contribution in [0.1, 0.15) is 16.5 Å². The van der Waals surface area contributed by atoms with Crippen molar-refractivity contribution < 1.29 is 13.2 Å². The molecule has 2 aromatic rings. The van der Waals surface area contributed by atoms with Gasteiger partial charge in [0, 0.05) is 5.56 Å². The lowest BCUT2D eigenvalue weighted by Gasteiger charge is -2.12. The van der Waals surface area contributed by atoms with Crippen molar-refractivity contribution in [2.24, 2.45) is 0 Å². The Bertz CT molecular complexity index is 599. The molecule has 5 heteroatoms. The van der Waals surface area contributed by atoms with Gasteiger partial charge < -0.3 is 0 Å². The normalized spacial score (nSPS) is 12.5. The molecule has 19 heavy (non-hydrogen) atoms. The SMILES string of the molecule is Fc1cc(C(Cl)Cc2ccccc2F)c(F)cc1Cl. The number of halogens is 5. The van der Waals surface area contributed by atoms with Gasteiger partial charge in [0.2, 0.25) is 0 Å². The molecular formula is C14H9Cl2F3. The average Bonchev–Trinajstić information content (AvgIpc) is 2.36. The molecule has 0 aliphatic rings. The second-order valence-corrected chi connectivity index (χ2v) is 4.98. The van der Waals surface area contributed by atoms with Crippen LogP contribution in [-0.2, 0) is 6.42 Å². The molecular weight excluding hydrogens is 296 g/mol. The van der Waals surface area contributed by atoms with Crippen LogP contribution < -0.4 is 0 Å². The minimum atomic E-state index is -0.872. The summed E-state index contributed by atoms with van der Waals surface area (Å²) in [4.78, 5) is 0. The van der Waals surface area contributed by atoms with E-state index < -0.39 is 22.8 Å². The molecule has 1 unspecified atom stereocenters. The Morgan fingerprint density at radius 1 is 0.947 bits per heavy atom. The van der Waals surface area contributed by atoms with Gasteiger partial charge in [-0.25, -0.2) is 13.2 Å². The van der Waals surface area contributed by atoms with E-state index in [2.05, 4.69) is 0 Å². The molecule has 0 radical (unpaired) electrons. The first-order valence-electron chi connectivity index (χ1n) is 5.51. The highest BCUT2D eigenvalue weighted by Gasteiger charge is 2.18. The van der Waals surface area contributed by atoms with Crippen molar-refractivity contribution in [1.82, 2.24) is 0 Å². The Balaban J connectivity index is 2.28. The molecule has 0 fully saturated rings. The van der Waals surface area contributed by atoms with Crippen molar-refractivity contribution in [2.45, 2.75) is 11.8 Å². The zero-order valence-electron chi connectivity index (χ0n) is 9.64. The number of rotatable bonds is 3. The Morgan fingerprint density at radius 3 is 2.32 bits per heavy atom. The van der Waals surface area contributed by atoms with Crippen LogP contribution in [-0.4, -0.2) is 0 Å². The molecule has 0 amide bonds. The minimum absolute atomic E-state index is 0.0354. The Kier molecular flexibility index (Phi) is 4.38. The van der Waals surface area contributed by atoms with Crippen molar-refractivity contribution in [3.05, 3.63) is 70.0 Å². The van der Waals surface area contributed by atoms with E-state index in [0.29, 0.717) is 5.56 Å². The first-order chi connectivity index (χ1) is 8.99. The molecule has 100 valence electrons. The number of alkyl halides is 1. The Hall–Kier alpha value is -1.19. The standard InChI is InChI=1S/C14H9Cl2F3/c15-10(5-8-3-1-2-4-12(8)17)9-6-14(19)11(16)7-13(9)18/h1-4,6-7,10H,5H2. The first kappa shape index (κ1) is 14.2. The molecule has 0 heterocycles.